The minimum atomic E-state index is -2.25. The van der Waals surface area contributed by atoms with Crippen LogP contribution in [0.15, 0.2) is 12.7 Å². The van der Waals surface area contributed by atoms with Gasteiger partial charge in [-0.15, -0.1) is 19.0 Å². The second-order valence-electron chi connectivity index (χ2n) is 12.3. The molecular formula is C28H46ClNO8. The van der Waals surface area contributed by atoms with Crippen molar-refractivity contribution in [1.29, 1.82) is 0 Å². The summed E-state index contributed by atoms with van der Waals surface area (Å²) in [5.41, 5.74) is -7.30. The minimum Gasteiger partial charge on any atom is -0.461 e. The zero-order valence-corrected chi connectivity index (χ0v) is 24.9. The van der Waals surface area contributed by atoms with Gasteiger partial charge in [-0.25, -0.2) is 0 Å². The Hall–Kier alpha value is -1.52. The SMILES string of the molecule is C=C[C@@]1(C)CC(=O)[C@]2(O)[C@@]3(C)[C@@H](OC(=O)CN(CC)CC)CCC(C)(C)[C@@H]3[C@H](O)[C@H](OC(C)=O)[C@@]2(C)O1.Cl. The largest absolute Gasteiger partial charge is 0.461 e. The number of fused-ring (bicyclic) bond motifs is 3. The Morgan fingerprint density at radius 1 is 1.16 bits per heavy atom. The Kier molecular flexibility index (Phi) is 9.30. The molecule has 8 atom stereocenters. The number of ether oxygens (including phenoxy) is 3. The second-order valence-corrected chi connectivity index (χ2v) is 12.3. The van der Waals surface area contributed by atoms with E-state index in [0.717, 1.165) is 0 Å². The number of aliphatic hydroxyl groups is 2. The van der Waals surface area contributed by atoms with E-state index in [1.54, 1.807) is 13.8 Å². The Bertz CT molecular complexity index is 953. The van der Waals surface area contributed by atoms with Crippen LogP contribution in [0, 0.1) is 16.7 Å². The van der Waals surface area contributed by atoms with Crippen LogP contribution in [0.2, 0.25) is 0 Å². The fourth-order valence-electron chi connectivity index (χ4n) is 7.64. The summed E-state index contributed by atoms with van der Waals surface area (Å²) in [7, 11) is 0. The first-order valence-electron chi connectivity index (χ1n) is 13.3. The van der Waals surface area contributed by atoms with Crippen LogP contribution in [0.25, 0.3) is 0 Å². The van der Waals surface area contributed by atoms with E-state index in [9.17, 15) is 24.6 Å². The third-order valence-electron chi connectivity index (χ3n) is 9.51. The zero-order valence-electron chi connectivity index (χ0n) is 24.0. The average molecular weight is 560 g/mol. The van der Waals surface area contributed by atoms with Crippen molar-refractivity contribution in [3.8, 4) is 0 Å². The van der Waals surface area contributed by atoms with Gasteiger partial charge in [0.25, 0.3) is 0 Å². The van der Waals surface area contributed by atoms with Gasteiger partial charge in [-0.1, -0.05) is 40.7 Å². The van der Waals surface area contributed by atoms with E-state index >= 15 is 0 Å². The van der Waals surface area contributed by atoms with Gasteiger partial charge in [0.2, 0.25) is 0 Å². The number of ketones is 1. The number of nitrogens with zero attached hydrogens (tertiary/aromatic N) is 1. The topological polar surface area (TPSA) is 123 Å². The van der Waals surface area contributed by atoms with Gasteiger partial charge in [-0.2, -0.15) is 0 Å². The second kappa shape index (κ2) is 10.8. The van der Waals surface area contributed by atoms with Crippen LogP contribution in [0.1, 0.15) is 74.7 Å². The van der Waals surface area contributed by atoms with Crippen LogP contribution in [0.4, 0.5) is 0 Å². The molecule has 0 aromatic heterocycles. The number of Topliss-reactive ketones (excluding diaryl/α,β-unsaturated/α-hetero) is 1. The maximum atomic E-state index is 14.1. The number of carbonyl (C=O) groups excluding carboxylic acids is 3. The van der Waals surface area contributed by atoms with Crippen molar-refractivity contribution in [3.63, 3.8) is 0 Å². The first-order valence-corrected chi connectivity index (χ1v) is 13.3. The molecule has 218 valence electrons. The molecular weight excluding hydrogens is 514 g/mol. The number of carbonyl (C=O) groups is 3. The van der Waals surface area contributed by atoms with Gasteiger partial charge in [0.05, 0.1) is 18.2 Å². The highest BCUT2D eigenvalue weighted by Crippen LogP contribution is 2.67. The summed E-state index contributed by atoms with van der Waals surface area (Å²) < 4.78 is 18.1. The van der Waals surface area contributed by atoms with Gasteiger partial charge in [0.15, 0.2) is 17.5 Å². The van der Waals surface area contributed by atoms with Crippen molar-refractivity contribution in [1.82, 2.24) is 4.90 Å². The summed E-state index contributed by atoms with van der Waals surface area (Å²) in [6.07, 6.45) is -1.28. The van der Waals surface area contributed by atoms with E-state index in [1.807, 2.05) is 32.6 Å². The Balaban J connectivity index is 0.00000507. The molecule has 0 spiro atoms. The molecule has 0 aromatic carbocycles. The number of hydrogen-bond acceptors (Lipinski definition) is 9. The highest BCUT2D eigenvalue weighted by molar-refractivity contribution is 5.92. The van der Waals surface area contributed by atoms with Crippen molar-refractivity contribution < 1.29 is 38.8 Å². The van der Waals surface area contributed by atoms with Gasteiger partial charge in [-0.05, 0) is 45.2 Å². The fourth-order valence-corrected chi connectivity index (χ4v) is 7.64. The quantitative estimate of drug-likeness (QED) is 0.358. The van der Waals surface area contributed by atoms with Crippen LogP contribution >= 0.6 is 12.4 Å². The molecule has 1 aliphatic heterocycles. The lowest BCUT2D eigenvalue weighted by Gasteiger charge is -2.71. The lowest BCUT2D eigenvalue weighted by Crippen LogP contribution is -2.87. The first-order chi connectivity index (χ1) is 17.0. The summed E-state index contributed by atoms with van der Waals surface area (Å²) in [6.45, 7) is 19.1. The number of hydrogen-bond donors (Lipinski definition) is 2. The van der Waals surface area contributed by atoms with Crippen molar-refractivity contribution in [2.24, 2.45) is 16.7 Å². The van der Waals surface area contributed by atoms with Crippen molar-refractivity contribution >= 4 is 30.1 Å². The third-order valence-corrected chi connectivity index (χ3v) is 9.51. The molecule has 2 N–H and O–H groups in total. The molecule has 0 aromatic rings. The molecule has 2 aliphatic carbocycles. The van der Waals surface area contributed by atoms with Crippen LogP contribution in [0.3, 0.4) is 0 Å². The van der Waals surface area contributed by atoms with Crippen molar-refractivity contribution in [3.05, 3.63) is 12.7 Å². The molecule has 38 heavy (non-hydrogen) atoms. The standard InChI is InChI=1S/C28H45NO8.ClH/c1-10-25(7)15-18(31)28(34)26(8)19(36-20(32)16-29(11-2)12-3)13-14-24(5,6)22(26)21(33)23(35-17(4)30)27(28,9)37-25;/h10,19,21-23,33-34H,1,11-16H2,2-9H3;1H/t19-,21-,22-,23-,25-,26-,27+,28-;/m0./s1. The van der Waals surface area contributed by atoms with E-state index in [0.29, 0.717) is 25.9 Å². The fraction of sp³-hybridized carbons (Fsp3) is 0.821. The highest BCUT2D eigenvalue weighted by atomic mass is 35.5. The molecule has 0 radical (unpaired) electrons. The third kappa shape index (κ3) is 4.72. The van der Waals surface area contributed by atoms with Crippen LogP contribution in [-0.2, 0) is 28.6 Å². The first kappa shape index (κ1) is 32.7. The average Bonchev–Trinajstić information content (AvgIpc) is 2.79. The van der Waals surface area contributed by atoms with Crippen molar-refractivity contribution in [2.45, 2.75) is 110 Å². The van der Waals surface area contributed by atoms with E-state index in [1.165, 1.54) is 19.9 Å². The molecule has 2 saturated carbocycles. The molecule has 1 heterocycles. The van der Waals surface area contributed by atoms with Gasteiger partial charge >= 0.3 is 11.9 Å². The Morgan fingerprint density at radius 2 is 1.74 bits per heavy atom. The molecule has 10 heteroatoms. The number of aliphatic hydroxyl groups excluding tert-OH is 1. The van der Waals surface area contributed by atoms with Gasteiger partial charge < -0.3 is 24.4 Å². The summed E-state index contributed by atoms with van der Waals surface area (Å²) in [4.78, 5) is 41.3. The number of rotatable bonds is 7. The normalized spacial score (nSPS) is 41.8. The molecule has 9 nitrogen and oxygen atoms in total. The Morgan fingerprint density at radius 3 is 2.24 bits per heavy atom. The lowest BCUT2D eigenvalue weighted by molar-refractivity contribution is -0.370. The van der Waals surface area contributed by atoms with E-state index in [-0.39, 0.29) is 25.4 Å². The summed E-state index contributed by atoms with van der Waals surface area (Å²) in [5.74, 6) is -2.42. The lowest BCUT2D eigenvalue weighted by atomic mass is 9.39. The van der Waals surface area contributed by atoms with Crippen molar-refractivity contribution in [2.75, 3.05) is 19.6 Å². The monoisotopic (exact) mass is 559 g/mol. The molecule has 3 rings (SSSR count). The predicted molar refractivity (Wildman–Crippen MR) is 144 cm³/mol. The van der Waals surface area contributed by atoms with E-state index < -0.39 is 69.6 Å². The molecule has 1 saturated heterocycles. The minimum absolute atomic E-state index is 0. The van der Waals surface area contributed by atoms with Crippen LogP contribution in [0.5, 0.6) is 0 Å². The van der Waals surface area contributed by atoms with Crippen LogP contribution in [-0.4, -0.2) is 87.6 Å². The van der Waals surface area contributed by atoms with Crippen LogP contribution < -0.4 is 0 Å². The van der Waals surface area contributed by atoms with Gasteiger partial charge in [0.1, 0.15) is 11.7 Å². The maximum absolute atomic E-state index is 14.1. The smallest absolute Gasteiger partial charge is 0.320 e. The molecule has 3 fully saturated rings. The van der Waals surface area contributed by atoms with E-state index in [2.05, 4.69) is 6.58 Å². The summed E-state index contributed by atoms with van der Waals surface area (Å²) >= 11 is 0. The number of esters is 2. The number of halogens is 1. The molecule has 3 aliphatic rings. The predicted octanol–water partition coefficient (Wildman–Crippen LogP) is 2.83. The highest BCUT2D eigenvalue weighted by Gasteiger charge is 2.82. The zero-order chi connectivity index (χ0) is 28.2. The van der Waals surface area contributed by atoms with Gasteiger partial charge in [-0.3, -0.25) is 19.3 Å². The van der Waals surface area contributed by atoms with E-state index in [4.69, 9.17) is 14.2 Å². The molecule has 0 amide bonds. The maximum Gasteiger partial charge on any atom is 0.320 e. The Labute approximate surface area is 232 Å². The molecule has 0 unspecified atom stereocenters. The van der Waals surface area contributed by atoms with Gasteiger partial charge in [0, 0.05) is 24.7 Å². The summed E-state index contributed by atoms with van der Waals surface area (Å²) in [5, 5.41) is 24.6. The number of likely N-dealkylation sites (N-methyl/N-ethyl adjacent to an activating group) is 1. The summed E-state index contributed by atoms with van der Waals surface area (Å²) in [6, 6.07) is 0. The molecule has 0 bridgehead atoms.